The van der Waals surface area contributed by atoms with Crippen LogP contribution >= 0.6 is 11.6 Å². The number of hydrogen-bond donors (Lipinski definition) is 2. The van der Waals surface area contributed by atoms with Gasteiger partial charge in [0.15, 0.2) is 0 Å². The summed E-state index contributed by atoms with van der Waals surface area (Å²) >= 11 is 5.97. The van der Waals surface area contributed by atoms with Crippen LogP contribution < -0.4 is 10.6 Å². The zero-order chi connectivity index (χ0) is 16.9. The molecule has 0 aliphatic heterocycles. The van der Waals surface area contributed by atoms with E-state index in [9.17, 15) is 4.79 Å². The van der Waals surface area contributed by atoms with Gasteiger partial charge in [-0.2, -0.15) is 0 Å². The molecule has 1 unspecified atom stereocenters. The minimum atomic E-state index is -0.383. The van der Waals surface area contributed by atoms with Gasteiger partial charge in [-0.05, 0) is 29.8 Å². The maximum Gasteiger partial charge on any atom is 0.320 e. The van der Waals surface area contributed by atoms with Gasteiger partial charge in [-0.15, -0.1) is 0 Å². The molecule has 0 radical (unpaired) electrons. The number of amides is 2. The summed E-state index contributed by atoms with van der Waals surface area (Å²) in [6, 6.07) is 16.0. The Labute approximate surface area is 145 Å². The van der Waals surface area contributed by atoms with Crippen LogP contribution in [0.3, 0.4) is 0 Å². The maximum atomic E-state index is 12.4. The summed E-state index contributed by atoms with van der Waals surface area (Å²) in [6.45, 7) is 0. The van der Waals surface area contributed by atoms with Crippen molar-refractivity contribution in [3.05, 3.63) is 83.4 Å². The Balaban J connectivity index is 1.84. The Morgan fingerprint density at radius 3 is 2.46 bits per heavy atom. The van der Waals surface area contributed by atoms with Crippen LogP contribution in [0.5, 0.6) is 0 Å². The lowest BCUT2D eigenvalue weighted by Crippen LogP contribution is -2.34. The van der Waals surface area contributed by atoms with Crippen LogP contribution in [0.4, 0.5) is 10.5 Å². The van der Waals surface area contributed by atoms with Crippen LogP contribution in [0.15, 0.2) is 67.0 Å². The van der Waals surface area contributed by atoms with Crippen molar-refractivity contribution in [2.45, 2.75) is 6.04 Å². The molecule has 1 heterocycles. The summed E-state index contributed by atoms with van der Waals surface area (Å²) in [4.78, 5) is 16.7. The normalized spacial score (nSPS) is 11.8. The average Bonchev–Trinajstić information content (AvgIpc) is 3.00. The molecule has 24 heavy (non-hydrogen) atoms. The number of hydrogen-bond acceptors (Lipinski definition) is 2. The van der Waals surface area contributed by atoms with Gasteiger partial charge in [0.25, 0.3) is 0 Å². The molecule has 122 valence electrons. The second kappa shape index (κ2) is 7.19. The van der Waals surface area contributed by atoms with E-state index in [0.29, 0.717) is 5.02 Å². The molecule has 2 N–H and O–H groups in total. The Morgan fingerprint density at radius 1 is 1.12 bits per heavy atom. The Kier molecular flexibility index (Phi) is 4.82. The molecule has 5 nitrogen and oxygen atoms in total. The van der Waals surface area contributed by atoms with E-state index < -0.39 is 0 Å². The van der Waals surface area contributed by atoms with Gasteiger partial charge < -0.3 is 15.2 Å². The van der Waals surface area contributed by atoms with Crippen LogP contribution in [-0.2, 0) is 7.05 Å². The number of aryl methyl sites for hydroxylation is 1. The van der Waals surface area contributed by atoms with Gasteiger partial charge in [-0.3, -0.25) is 0 Å². The van der Waals surface area contributed by atoms with Crippen molar-refractivity contribution < 1.29 is 4.79 Å². The summed E-state index contributed by atoms with van der Waals surface area (Å²) in [5.74, 6) is 0.737. The molecule has 3 aromatic rings. The number of carbonyl (C=O) groups is 1. The number of urea groups is 1. The van der Waals surface area contributed by atoms with Crippen LogP contribution in [0.1, 0.15) is 17.4 Å². The lowest BCUT2D eigenvalue weighted by molar-refractivity contribution is 0.249. The first-order valence-electron chi connectivity index (χ1n) is 7.49. The Morgan fingerprint density at radius 2 is 1.83 bits per heavy atom. The van der Waals surface area contributed by atoms with Crippen LogP contribution in [0.25, 0.3) is 0 Å². The van der Waals surface area contributed by atoms with Crippen LogP contribution in [-0.4, -0.2) is 15.6 Å². The van der Waals surface area contributed by atoms with Gasteiger partial charge in [0.2, 0.25) is 0 Å². The second-order valence-corrected chi connectivity index (χ2v) is 5.78. The molecule has 0 saturated heterocycles. The highest BCUT2D eigenvalue weighted by atomic mass is 35.5. The van der Waals surface area contributed by atoms with Gasteiger partial charge in [0, 0.05) is 30.2 Å². The standard InChI is InChI=1S/C18H17ClN4O/c1-23-12-11-20-17(23)16(13-7-9-14(19)10-8-13)22-18(24)21-15-5-3-2-4-6-15/h2-12,16H,1H3,(H2,21,22,24). The van der Waals surface area contributed by atoms with Crippen molar-refractivity contribution in [2.75, 3.05) is 5.32 Å². The SMILES string of the molecule is Cn1ccnc1C(NC(=O)Nc1ccccc1)c1ccc(Cl)cc1. The molecule has 0 spiro atoms. The van der Waals surface area contributed by atoms with Crippen LogP contribution in [0, 0.1) is 0 Å². The highest BCUT2D eigenvalue weighted by Gasteiger charge is 2.20. The van der Waals surface area contributed by atoms with Gasteiger partial charge >= 0.3 is 6.03 Å². The molecule has 3 rings (SSSR count). The number of nitrogens with one attached hydrogen (secondary N) is 2. The molecule has 1 aromatic heterocycles. The summed E-state index contributed by atoms with van der Waals surface area (Å²) in [5.41, 5.74) is 1.63. The topological polar surface area (TPSA) is 59.0 Å². The van der Waals surface area contributed by atoms with Crippen LogP contribution in [0.2, 0.25) is 5.02 Å². The van der Waals surface area contributed by atoms with Crippen molar-refractivity contribution in [3.63, 3.8) is 0 Å². The lowest BCUT2D eigenvalue weighted by atomic mass is 10.1. The van der Waals surface area contributed by atoms with Gasteiger partial charge in [-0.25, -0.2) is 9.78 Å². The summed E-state index contributed by atoms with van der Waals surface area (Å²) < 4.78 is 1.88. The van der Waals surface area contributed by atoms with Crippen molar-refractivity contribution in [3.8, 4) is 0 Å². The number of rotatable bonds is 4. The molecule has 1 atom stereocenters. The van der Waals surface area contributed by atoms with Crippen molar-refractivity contribution in [1.82, 2.24) is 14.9 Å². The monoisotopic (exact) mass is 340 g/mol. The first-order valence-corrected chi connectivity index (χ1v) is 7.86. The van der Waals surface area contributed by atoms with Gasteiger partial charge in [0.05, 0.1) is 0 Å². The number of para-hydroxylation sites is 1. The van der Waals surface area contributed by atoms with E-state index in [1.165, 1.54) is 0 Å². The van der Waals surface area contributed by atoms with E-state index in [2.05, 4.69) is 15.6 Å². The fraction of sp³-hybridized carbons (Fsp3) is 0.111. The van der Waals surface area contributed by atoms with Crippen molar-refractivity contribution >= 4 is 23.3 Å². The molecule has 0 aliphatic carbocycles. The van der Waals surface area contributed by atoms with E-state index in [0.717, 1.165) is 17.1 Å². The second-order valence-electron chi connectivity index (χ2n) is 5.35. The third-order valence-electron chi connectivity index (χ3n) is 3.63. The molecule has 0 fully saturated rings. The van der Waals surface area contributed by atoms with E-state index >= 15 is 0 Å². The number of halogens is 1. The summed E-state index contributed by atoms with van der Waals surface area (Å²) in [5, 5.41) is 6.43. The fourth-order valence-electron chi connectivity index (χ4n) is 2.43. The minimum absolute atomic E-state index is 0.302. The summed E-state index contributed by atoms with van der Waals surface area (Å²) in [6.07, 6.45) is 3.55. The maximum absolute atomic E-state index is 12.4. The molecular formula is C18H17ClN4O. The predicted octanol–water partition coefficient (Wildman–Crippen LogP) is 3.98. The lowest BCUT2D eigenvalue weighted by Gasteiger charge is -2.19. The van der Waals surface area contributed by atoms with E-state index in [1.807, 2.05) is 60.3 Å². The predicted molar refractivity (Wildman–Crippen MR) is 95.1 cm³/mol. The highest BCUT2D eigenvalue weighted by molar-refractivity contribution is 6.30. The number of imidazole rings is 1. The third kappa shape index (κ3) is 3.75. The molecule has 2 aromatic carbocycles. The number of benzene rings is 2. The number of aromatic nitrogens is 2. The zero-order valence-electron chi connectivity index (χ0n) is 13.1. The smallest absolute Gasteiger partial charge is 0.320 e. The average molecular weight is 341 g/mol. The molecule has 0 bridgehead atoms. The van der Waals surface area contributed by atoms with Crippen molar-refractivity contribution in [2.24, 2.45) is 7.05 Å². The first kappa shape index (κ1) is 16.1. The molecular weight excluding hydrogens is 324 g/mol. The Hall–Kier alpha value is -2.79. The number of nitrogens with zero attached hydrogens (tertiary/aromatic N) is 2. The number of anilines is 1. The van der Waals surface area contributed by atoms with Gasteiger partial charge in [-0.1, -0.05) is 41.9 Å². The largest absolute Gasteiger partial charge is 0.336 e. The quantitative estimate of drug-likeness (QED) is 0.754. The van der Waals surface area contributed by atoms with Gasteiger partial charge in [0.1, 0.15) is 11.9 Å². The molecule has 6 heteroatoms. The van der Waals surface area contributed by atoms with Crippen molar-refractivity contribution in [1.29, 1.82) is 0 Å². The van der Waals surface area contributed by atoms with E-state index in [4.69, 9.17) is 11.6 Å². The van der Waals surface area contributed by atoms with E-state index in [-0.39, 0.29) is 12.1 Å². The summed E-state index contributed by atoms with van der Waals surface area (Å²) in [7, 11) is 1.89. The first-order chi connectivity index (χ1) is 11.6. The number of carbonyl (C=O) groups excluding carboxylic acids is 1. The molecule has 0 saturated carbocycles. The fourth-order valence-corrected chi connectivity index (χ4v) is 2.55. The zero-order valence-corrected chi connectivity index (χ0v) is 13.9. The van der Waals surface area contributed by atoms with E-state index in [1.54, 1.807) is 18.3 Å². The minimum Gasteiger partial charge on any atom is -0.336 e. The third-order valence-corrected chi connectivity index (χ3v) is 3.88. The molecule has 0 aliphatic rings. The Bertz CT molecular complexity index is 815. The molecule has 2 amide bonds. The highest BCUT2D eigenvalue weighted by Crippen LogP contribution is 2.22.